The van der Waals surface area contributed by atoms with Gasteiger partial charge in [-0.2, -0.15) is 5.10 Å². The highest BCUT2D eigenvalue weighted by Crippen LogP contribution is 2.30. The molecule has 0 saturated carbocycles. The van der Waals surface area contributed by atoms with E-state index in [9.17, 15) is 4.79 Å². The predicted molar refractivity (Wildman–Crippen MR) is 97.0 cm³/mol. The summed E-state index contributed by atoms with van der Waals surface area (Å²) >= 11 is 0. The van der Waals surface area contributed by atoms with Crippen LogP contribution in [-0.2, 0) is 4.79 Å². The van der Waals surface area contributed by atoms with E-state index in [0.29, 0.717) is 11.5 Å². The standard InChI is InChI=1S/C20H22N2O3/c1-2-3-11-16(15-9-5-4-6-10-15)21-22-20(23)19-14-24-17-12-7-8-13-18(17)25-19/h4-10,12-13,19H,2-3,11,14H2,1H3,(H,22,23)/t19-/m0/s1. The van der Waals surface area contributed by atoms with Gasteiger partial charge >= 0.3 is 0 Å². The number of rotatable bonds is 6. The zero-order valence-electron chi connectivity index (χ0n) is 14.3. The summed E-state index contributed by atoms with van der Waals surface area (Å²) in [5.74, 6) is 0.926. The van der Waals surface area contributed by atoms with Crippen LogP contribution in [0.25, 0.3) is 0 Å². The van der Waals surface area contributed by atoms with Gasteiger partial charge in [0.1, 0.15) is 6.61 Å². The molecule has 1 aliphatic heterocycles. The lowest BCUT2D eigenvalue weighted by atomic mass is 10.1. The van der Waals surface area contributed by atoms with Gasteiger partial charge in [0.25, 0.3) is 5.91 Å². The molecule has 0 radical (unpaired) electrons. The van der Waals surface area contributed by atoms with Crippen molar-refractivity contribution in [2.45, 2.75) is 32.3 Å². The zero-order chi connectivity index (χ0) is 17.5. The summed E-state index contributed by atoms with van der Waals surface area (Å²) in [6.45, 7) is 2.31. The molecule has 5 nitrogen and oxygen atoms in total. The van der Waals surface area contributed by atoms with E-state index >= 15 is 0 Å². The van der Waals surface area contributed by atoms with Gasteiger partial charge in [-0.3, -0.25) is 4.79 Å². The minimum absolute atomic E-state index is 0.175. The molecule has 25 heavy (non-hydrogen) atoms. The molecule has 1 aliphatic rings. The number of benzene rings is 2. The van der Waals surface area contributed by atoms with Gasteiger partial charge < -0.3 is 9.47 Å². The van der Waals surface area contributed by atoms with E-state index < -0.39 is 6.10 Å². The van der Waals surface area contributed by atoms with Gasteiger partial charge in [-0.1, -0.05) is 55.8 Å². The molecule has 0 saturated heterocycles. The predicted octanol–water partition coefficient (Wildman–Crippen LogP) is 3.54. The number of hydrazone groups is 1. The van der Waals surface area contributed by atoms with Crippen LogP contribution in [0.3, 0.4) is 0 Å². The number of hydrogen-bond acceptors (Lipinski definition) is 4. The Morgan fingerprint density at radius 1 is 1.12 bits per heavy atom. The lowest BCUT2D eigenvalue weighted by Gasteiger charge is -2.24. The second-order valence-corrected chi connectivity index (χ2v) is 5.87. The quantitative estimate of drug-likeness (QED) is 0.647. The average Bonchev–Trinajstić information content (AvgIpc) is 2.68. The lowest BCUT2D eigenvalue weighted by molar-refractivity contribution is -0.130. The molecule has 0 aromatic heterocycles. The van der Waals surface area contributed by atoms with Crippen molar-refractivity contribution in [2.75, 3.05) is 6.61 Å². The molecule has 1 atom stereocenters. The van der Waals surface area contributed by atoms with Crippen molar-refractivity contribution in [3.8, 4) is 11.5 Å². The van der Waals surface area contributed by atoms with Crippen LogP contribution in [0.5, 0.6) is 11.5 Å². The number of para-hydroxylation sites is 2. The van der Waals surface area contributed by atoms with E-state index in [0.717, 1.165) is 30.5 Å². The van der Waals surface area contributed by atoms with E-state index in [1.165, 1.54) is 0 Å². The summed E-state index contributed by atoms with van der Waals surface area (Å²) in [5.41, 5.74) is 4.52. The fourth-order valence-electron chi connectivity index (χ4n) is 2.58. The van der Waals surface area contributed by atoms with Crippen molar-refractivity contribution < 1.29 is 14.3 Å². The van der Waals surface area contributed by atoms with Crippen LogP contribution in [0.2, 0.25) is 0 Å². The largest absolute Gasteiger partial charge is 0.485 e. The molecule has 0 spiro atoms. The lowest BCUT2D eigenvalue weighted by Crippen LogP contribution is -2.42. The first-order chi connectivity index (χ1) is 12.3. The van der Waals surface area contributed by atoms with E-state index in [4.69, 9.17) is 9.47 Å². The second kappa shape index (κ2) is 8.33. The smallest absolute Gasteiger partial charge is 0.284 e. The molecule has 5 heteroatoms. The Balaban J connectivity index is 1.67. The first-order valence-electron chi connectivity index (χ1n) is 8.58. The normalized spacial score (nSPS) is 16.4. The van der Waals surface area contributed by atoms with Crippen molar-refractivity contribution in [1.29, 1.82) is 0 Å². The molecule has 0 bridgehead atoms. The third-order valence-corrected chi connectivity index (χ3v) is 3.98. The molecule has 3 rings (SSSR count). The second-order valence-electron chi connectivity index (χ2n) is 5.87. The van der Waals surface area contributed by atoms with Crippen LogP contribution in [0, 0.1) is 0 Å². The van der Waals surface area contributed by atoms with Gasteiger partial charge in [-0.25, -0.2) is 5.43 Å². The van der Waals surface area contributed by atoms with Gasteiger partial charge in [0.05, 0.1) is 5.71 Å². The molecule has 1 heterocycles. The van der Waals surface area contributed by atoms with Crippen molar-refractivity contribution in [3.63, 3.8) is 0 Å². The number of hydrogen-bond donors (Lipinski definition) is 1. The van der Waals surface area contributed by atoms with Crippen molar-refractivity contribution >= 4 is 11.6 Å². The van der Waals surface area contributed by atoms with Crippen molar-refractivity contribution in [2.24, 2.45) is 5.10 Å². The molecule has 2 aromatic rings. The van der Waals surface area contributed by atoms with Crippen molar-refractivity contribution in [1.82, 2.24) is 5.43 Å². The maximum atomic E-state index is 12.4. The number of carbonyl (C=O) groups excluding carboxylic acids is 1. The Bertz CT molecular complexity index is 744. The van der Waals surface area contributed by atoms with Gasteiger partial charge in [-0.15, -0.1) is 0 Å². The Morgan fingerprint density at radius 3 is 2.60 bits per heavy atom. The Kier molecular flexibility index (Phi) is 5.67. The highest BCUT2D eigenvalue weighted by Gasteiger charge is 2.27. The molecular weight excluding hydrogens is 316 g/mol. The van der Waals surface area contributed by atoms with Gasteiger partial charge in [0.15, 0.2) is 11.5 Å². The van der Waals surface area contributed by atoms with Gasteiger partial charge in [0.2, 0.25) is 6.10 Å². The van der Waals surface area contributed by atoms with E-state index in [1.54, 1.807) is 6.07 Å². The van der Waals surface area contributed by atoms with Crippen LogP contribution in [-0.4, -0.2) is 24.3 Å². The van der Waals surface area contributed by atoms with E-state index in [2.05, 4.69) is 17.5 Å². The van der Waals surface area contributed by atoms with Crippen LogP contribution >= 0.6 is 0 Å². The molecule has 0 aliphatic carbocycles. The highest BCUT2D eigenvalue weighted by atomic mass is 16.6. The summed E-state index contributed by atoms with van der Waals surface area (Å²) in [6, 6.07) is 17.2. The molecule has 2 aromatic carbocycles. The number of amides is 1. The number of unbranched alkanes of at least 4 members (excludes halogenated alkanes) is 1. The monoisotopic (exact) mass is 338 g/mol. The summed E-state index contributed by atoms with van der Waals surface area (Å²) in [4.78, 5) is 12.4. The number of nitrogens with zero attached hydrogens (tertiary/aromatic N) is 1. The van der Waals surface area contributed by atoms with Crippen LogP contribution in [0.4, 0.5) is 0 Å². The third-order valence-electron chi connectivity index (χ3n) is 3.98. The first-order valence-corrected chi connectivity index (χ1v) is 8.58. The number of ether oxygens (including phenoxy) is 2. The summed E-state index contributed by atoms with van der Waals surface area (Å²) < 4.78 is 11.3. The Hall–Kier alpha value is -2.82. The van der Waals surface area contributed by atoms with Crippen LogP contribution in [0.1, 0.15) is 31.7 Å². The van der Waals surface area contributed by atoms with Crippen LogP contribution in [0.15, 0.2) is 59.7 Å². The Morgan fingerprint density at radius 2 is 1.84 bits per heavy atom. The molecule has 0 unspecified atom stereocenters. The summed E-state index contributed by atoms with van der Waals surface area (Å²) in [5, 5.41) is 4.34. The maximum Gasteiger partial charge on any atom is 0.284 e. The fraction of sp³-hybridized carbons (Fsp3) is 0.300. The molecular formula is C20H22N2O3. The number of nitrogens with one attached hydrogen (secondary N) is 1. The minimum atomic E-state index is -0.707. The molecule has 0 fully saturated rings. The number of fused-ring (bicyclic) bond motifs is 1. The summed E-state index contributed by atoms with van der Waals surface area (Å²) in [7, 11) is 0. The zero-order valence-corrected chi connectivity index (χ0v) is 14.3. The fourth-order valence-corrected chi connectivity index (χ4v) is 2.58. The van der Waals surface area contributed by atoms with E-state index in [1.807, 2.05) is 48.5 Å². The van der Waals surface area contributed by atoms with Crippen LogP contribution < -0.4 is 14.9 Å². The Labute approximate surface area is 147 Å². The third kappa shape index (κ3) is 4.38. The minimum Gasteiger partial charge on any atom is -0.485 e. The summed E-state index contributed by atoms with van der Waals surface area (Å²) in [6.07, 6.45) is 2.18. The van der Waals surface area contributed by atoms with Crippen molar-refractivity contribution in [3.05, 3.63) is 60.2 Å². The maximum absolute atomic E-state index is 12.4. The van der Waals surface area contributed by atoms with E-state index in [-0.39, 0.29) is 12.5 Å². The topological polar surface area (TPSA) is 59.9 Å². The first kappa shape index (κ1) is 17.0. The molecule has 130 valence electrons. The highest BCUT2D eigenvalue weighted by molar-refractivity contribution is 6.01. The molecule has 1 N–H and O–H groups in total. The average molecular weight is 338 g/mol. The number of carbonyl (C=O) groups is 1. The van der Waals surface area contributed by atoms with Gasteiger partial charge in [0, 0.05) is 0 Å². The van der Waals surface area contributed by atoms with Gasteiger partial charge in [-0.05, 0) is 30.5 Å². The SMILES string of the molecule is CCCCC(=NNC(=O)[C@@H]1COc2ccccc2O1)c1ccccc1. The molecule has 1 amide bonds.